The van der Waals surface area contributed by atoms with Crippen molar-refractivity contribution in [3.8, 4) is 0 Å². The van der Waals surface area contributed by atoms with Crippen molar-refractivity contribution in [2.24, 2.45) is 51.5 Å². The summed E-state index contributed by atoms with van der Waals surface area (Å²) in [7, 11) is 1.80. The van der Waals surface area contributed by atoms with Crippen molar-refractivity contribution in [2.75, 3.05) is 19.3 Å². The first-order valence-corrected chi connectivity index (χ1v) is 20.3. The predicted octanol–water partition coefficient (Wildman–Crippen LogP) is 8.49. The number of carbonyl (C=O) groups excluding carboxylic acids is 2. The molecule has 0 aromatic heterocycles. The van der Waals surface area contributed by atoms with Gasteiger partial charge in [0.2, 0.25) is 0 Å². The topological polar surface area (TPSA) is 123 Å². The Kier molecular flexibility index (Phi) is 12.0. The number of imide groups is 1. The number of hydrogen-bond donors (Lipinski definition) is 3. The van der Waals surface area contributed by atoms with E-state index in [1.54, 1.807) is 23.7 Å². The van der Waals surface area contributed by atoms with Crippen molar-refractivity contribution in [1.29, 1.82) is 0 Å². The van der Waals surface area contributed by atoms with Crippen LogP contribution in [0.2, 0.25) is 0 Å². The van der Waals surface area contributed by atoms with Crippen molar-refractivity contribution < 1.29 is 24.7 Å². The second kappa shape index (κ2) is 15.5. The summed E-state index contributed by atoms with van der Waals surface area (Å²) in [6, 6.07) is -0.824. The number of hydrogen-bond acceptors (Lipinski definition) is 6. The fraction of sp³-hybridized carbons (Fsp3) is 0.895. The molecule has 4 amide bonds. The summed E-state index contributed by atoms with van der Waals surface area (Å²) < 4.78 is 0. The Bertz CT molecular complexity index is 1200. The maximum Gasteiger partial charge on any atom is 0.328 e. The Labute approximate surface area is 293 Å². The summed E-state index contributed by atoms with van der Waals surface area (Å²) in [6.45, 7) is 12.7. The third-order valence-electron chi connectivity index (χ3n) is 13.9. The Hall–Kier alpha value is -1.97. The first-order chi connectivity index (χ1) is 22.8. The molecule has 3 saturated carbocycles. The number of carboxylic acid groups (broad SMARTS) is 1. The Morgan fingerprint density at radius 3 is 2.54 bits per heavy atom. The van der Waals surface area contributed by atoms with Gasteiger partial charge in [0.15, 0.2) is 0 Å². The molecule has 3 aliphatic carbocycles. The van der Waals surface area contributed by atoms with Gasteiger partial charge in [0.25, 0.3) is 0 Å². The van der Waals surface area contributed by atoms with Crippen molar-refractivity contribution in [3.63, 3.8) is 0 Å². The molecule has 0 bridgehead atoms. The van der Waals surface area contributed by atoms with Crippen molar-refractivity contribution in [1.82, 2.24) is 15.1 Å². The van der Waals surface area contributed by atoms with Crippen LogP contribution in [0.4, 0.5) is 9.59 Å². The normalized spacial score (nSPS) is 37.3. The zero-order chi connectivity index (χ0) is 34.8. The lowest BCUT2D eigenvalue weighted by molar-refractivity contribution is -0.137. The van der Waals surface area contributed by atoms with E-state index in [9.17, 15) is 19.6 Å². The highest BCUT2D eigenvalue weighted by Gasteiger charge is 2.59. The number of fused-ring (bicyclic) bond motifs is 4. The molecule has 0 aromatic carbocycles. The summed E-state index contributed by atoms with van der Waals surface area (Å²) in [5.41, 5.74) is 1.15. The molecule has 5 rings (SSSR count). The van der Waals surface area contributed by atoms with Crippen LogP contribution in [-0.2, 0) is 4.79 Å². The van der Waals surface area contributed by atoms with Crippen LogP contribution in [0.25, 0.3) is 0 Å². The number of carbonyl (C=O) groups is 3. The number of carboxylic acids is 1. The monoisotopic (exact) mass is 688 g/mol. The molecule has 5 fully saturated rings. The number of aliphatic carboxylic acids is 1. The molecule has 0 unspecified atom stereocenters. The van der Waals surface area contributed by atoms with Gasteiger partial charge in [-0.2, -0.15) is 11.8 Å². The molecule has 3 N–H and O–H groups in total. The van der Waals surface area contributed by atoms with Crippen LogP contribution in [0.15, 0.2) is 5.16 Å². The summed E-state index contributed by atoms with van der Waals surface area (Å²) in [5, 5.41) is 26.3. The minimum Gasteiger partial charge on any atom is -0.481 e. The van der Waals surface area contributed by atoms with Crippen LogP contribution in [-0.4, -0.2) is 80.5 Å². The molecule has 272 valence electrons. The lowest BCUT2D eigenvalue weighted by Crippen LogP contribution is -2.53. The zero-order valence-corrected chi connectivity index (χ0v) is 31.4. The van der Waals surface area contributed by atoms with E-state index in [4.69, 9.17) is 5.11 Å². The second-order valence-electron chi connectivity index (χ2n) is 17.1. The van der Waals surface area contributed by atoms with Crippen LogP contribution < -0.4 is 5.32 Å². The quantitative estimate of drug-likeness (QED) is 0.0728. The van der Waals surface area contributed by atoms with Crippen LogP contribution in [0.3, 0.4) is 0 Å². The molecule has 0 aromatic rings. The minimum atomic E-state index is -0.787. The highest BCUT2D eigenvalue weighted by Crippen LogP contribution is 2.66. The lowest BCUT2D eigenvalue weighted by Gasteiger charge is -2.57. The molecular weight excluding hydrogens is 625 g/mol. The second-order valence-corrected chi connectivity index (χ2v) is 18.4. The third kappa shape index (κ3) is 7.39. The van der Waals surface area contributed by atoms with Gasteiger partial charge in [0.1, 0.15) is 0 Å². The summed E-state index contributed by atoms with van der Waals surface area (Å²) in [6.07, 6.45) is 15.1. The molecule has 2 aliphatic heterocycles. The molecule has 9 nitrogen and oxygen atoms in total. The average Bonchev–Trinajstić information content (AvgIpc) is 3.69. The van der Waals surface area contributed by atoms with E-state index in [0.29, 0.717) is 30.2 Å². The maximum atomic E-state index is 13.8. The molecular formula is C38H64N4O5S. The van der Waals surface area contributed by atoms with Crippen molar-refractivity contribution in [3.05, 3.63) is 0 Å². The number of unbranched alkanes of at least 4 members (excludes halogenated alkanes) is 1. The van der Waals surface area contributed by atoms with Gasteiger partial charge in [-0.1, -0.05) is 65.5 Å². The SMILES string of the molecule is CC(C)CCC[C@@H](C)[C@H]1CC[C@H]2[C@@H]3CC/C(=N/O)[C@](C)(CCCN(C)C(=O)N4C(=O)N[C@H]5CS[C@@H](CCCCC(=O)O)[C@H]54)[C@H]3CC[C@]12C. The summed E-state index contributed by atoms with van der Waals surface area (Å²) in [5.74, 6) is 4.23. The van der Waals surface area contributed by atoms with Crippen molar-refractivity contribution in [2.45, 2.75) is 148 Å². The van der Waals surface area contributed by atoms with E-state index in [2.05, 4.69) is 45.1 Å². The van der Waals surface area contributed by atoms with Gasteiger partial charge in [0.05, 0.1) is 17.8 Å². The minimum absolute atomic E-state index is 0.0547. The number of nitrogens with zero attached hydrogens (tertiary/aromatic N) is 3. The summed E-state index contributed by atoms with van der Waals surface area (Å²) >= 11 is 1.78. The van der Waals surface area contributed by atoms with Gasteiger partial charge >= 0.3 is 18.0 Å². The number of amides is 4. The predicted molar refractivity (Wildman–Crippen MR) is 193 cm³/mol. The lowest BCUT2D eigenvalue weighted by atomic mass is 9.47. The fourth-order valence-electron chi connectivity index (χ4n) is 11.4. The van der Waals surface area contributed by atoms with Crippen LogP contribution in [0.5, 0.6) is 0 Å². The maximum absolute atomic E-state index is 13.8. The van der Waals surface area contributed by atoms with E-state index in [1.807, 2.05) is 0 Å². The molecule has 2 saturated heterocycles. The fourth-order valence-corrected chi connectivity index (χ4v) is 13.0. The highest BCUT2D eigenvalue weighted by molar-refractivity contribution is 8.00. The van der Waals surface area contributed by atoms with Gasteiger partial charge in [-0.05, 0) is 105 Å². The van der Waals surface area contributed by atoms with Crippen LogP contribution in [0.1, 0.15) is 131 Å². The number of urea groups is 2. The molecule has 2 heterocycles. The van der Waals surface area contributed by atoms with Gasteiger partial charge < -0.3 is 20.5 Å². The van der Waals surface area contributed by atoms with E-state index in [-0.39, 0.29) is 41.2 Å². The molecule has 0 radical (unpaired) electrons. The smallest absolute Gasteiger partial charge is 0.328 e. The Morgan fingerprint density at radius 1 is 1.06 bits per heavy atom. The highest BCUT2D eigenvalue weighted by atomic mass is 32.2. The standard InChI is InChI=1S/C38H64N4O5S/c1-24(2)11-9-12-25(3)27-16-17-28-26-15-18-32(40-47)38(5,29(26)19-21-37(27,28)4)20-10-22-41(6)36(46)42-34-30(39-35(42)45)23-48-31(34)13-7-8-14-33(43)44/h24-31,34,47H,7-23H2,1-6H3,(H,39,45)(H,43,44)/b40-32-/t25-,26+,27-,28+,29+,30+,31+,34+,37-,38-/m1/s1. The number of thioether (sulfide) groups is 1. The van der Waals surface area contributed by atoms with E-state index >= 15 is 0 Å². The third-order valence-corrected chi connectivity index (χ3v) is 15.4. The van der Waals surface area contributed by atoms with Gasteiger partial charge in [0, 0.05) is 36.4 Å². The van der Waals surface area contributed by atoms with E-state index in [1.165, 1.54) is 49.8 Å². The molecule has 48 heavy (non-hydrogen) atoms. The molecule has 10 heteroatoms. The summed E-state index contributed by atoms with van der Waals surface area (Å²) in [4.78, 5) is 40.9. The first kappa shape index (κ1) is 37.3. The Balaban J connectivity index is 1.19. The van der Waals surface area contributed by atoms with E-state index in [0.717, 1.165) is 73.7 Å². The Morgan fingerprint density at radius 2 is 1.83 bits per heavy atom. The zero-order valence-electron chi connectivity index (χ0n) is 30.6. The van der Waals surface area contributed by atoms with Gasteiger partial charge in [-0.25, -0.2) is 14.5 Å². The number of oxime groups is 1. The number of rotatable bonds is 14. The molecule has 0 spiro atoms. The van der Waals surface area contributed by atoms with Gasteiger partial charge in [-0.15, -0.1) is 0 Å². The van der Waals surface area contributed by atoms with Crippen molar-refractivity contribution >= 4 is 35.5 Å². The van der Waals surface area contributed by atoms with Crippen LogP contribution in [0, 0.1) is 46.3 Å². The molecule has 5 aliphatic rings. The number of nitrogens with one attached hydrogen (secondary N) is 1. The van der Waals surface area contributed by atoms with Gasteiger partial charge in [-0.3, -0.25) is 4.79 Å². The average molecular weight is 689 g/mol. The largest absolute Gasteiger partial charge is 0.481 e. The van der Waals surface area contributed by atoms with Crippen LogP contribution >= 0.6 is 11.8 Å². The molecule has 10 atom stereocenters. The first-order valence-electron chi connectivity index (χ1n) is 19.2. The van der Waals surface area contributed by atoms with E-state index < -0.39 is 5.97 Å².